The molecule has 0 saturated carbocycles. The van der Waals surface area contributed by atoms with E-state index in [9.17, 15) is 9.59 Å². The van der Waals surface area contributed by atoms with Crippen LogP contribution in [0.15, 0.2) is 11.6 Å². The summed E-state index contributed by atoms with van der Waals surface area (Å²) in [6.45, 7) is 8.57. The lowest BCUT2D eigenvalue weighted by Gasteiger charge is -2.34. The normalized spacial score (nSPS) is 20.3. The van der Waals surface area contributed by atoms with Gasteiger partial charge in [-0.2, -0.15) is 0 Å². The molecule has 2 aliphatic heterocycles. The zero-order valence-corrected chi connectivity index (χ0v) is 14.9. The van der Waals surface area contributed by atoms with Crippen molar-refractivity contribution < 1.29 is 9.59 Å². The SMILES string of the molecule is CCC(=O)N(C)[C@H](C)C1=CCCN(CCC(=O)N2CCCC2)C1. The summed E-state index contributed by atoms with van der Waals surface area (Å²) >= 11 is 0. The third-order valence-electron chi connectivity index (χ3n) is 5.17. The highest BCUT2D eigenvalue weighted by atomic mass is 16.2. The Kier molecular flexibility index (Phi) is 6.63. The van der Waals surface area contributed by atoms with Crippen LogP contribution in [-0.2, 0) is 9.59 Å². The van der Waals surface area contributed by atoms with Crippen molar-refractivity contribution in [1.29, 1.82) is 0 Å². The first kappa shape index (κ1) is 18.0. The van der Waals surface area contributed by atoms with Gasteiger partial charge in [-0.1, -0.05) is 13.0 Å². The van der Waals surface area contributed by atoms with E-state index in [2.05, 4.69) is 17.9 Å². The molecule has 2 amide bonds. The zero-order chi connectivity index (χ0) is 16.8. The Balaban J connectivity index is 1.81. The molecule has 0 aromatic heterocycles. The molecule has 23 heavy (non-hydrogen) atoms. The number of likely N-dealkylation sites (N-methyl/N-ethyl adjacent to an activating group) is 1. The summed E-state index contributed by atoms with van der Waals surface area (Å²) in [5.74, 6) is 0.477. The van der Waals surface area contributed by atoms with Crippen LogP contribution in [0.2, 0.25) is 0 Å². The van der Waals surface area contributed by atoms with Gasteiger partial charge in [-0.25, -0.2) is 0 Å². The van der Waals surface area contributed by atoms with Crippen LogP contribution in [0, 0.1) is 0 Å². The quantitative estimate of drug-likeness (QED) is 0.702. The second-order valence-corrected chi connectivity index (χ2v) is 6.72. The molecule has 0 radical (unpaired) electrons. The van der Waals surface area contributed by atoms with E-state index in [0.717, 1.165) is 52.0 Å². The molecule has 2 heterocycles. The number of hydrogen-bond donors (Lipinski definition) is 0. The second-order valence-electron chi connectivity index (χ2n) is 6.72. The number of carbonyl (C=O) groups excluding carboxylic acids is 2. The van der Waals surface area contributed by atoms with Crippen LogP contribution in [0.4, 0.5) is 0 Å². The van der Waals surface area contributed by atoms with Crippen LogP contribution in [0.3, 0.4) is 0 Å². The van der Waals surface area contributed by atoms with Crippen molar-refractivity contribution in [2.45, 2.75) is 52.0 Å². The van der Waals surface area contributed by atoms with E-state index in [1.54, 1.807) is 0 Å². The van der Waals surface area contributed by atoms with Gasteiger partial charge in [0, 0.05) is 52.6 Å². The predicted octanol–water partition coefficient (Wildman–Crippen LogP) is 1.89. The third kappa shape index (κ3) is 4.80. The van der Waals surface area contributed by atoms with Crippen molar-refractivity contribution >= 4 is 11.8 Å². The van der Waals surface area contributed by atoms with Crippen molar-refractivity contribution in [2.75, 3.05) is 39.8 Å². The Labute approximate surface area is 140 Å². The Hall–Kier alpha value is -1.36. The first-order valence-corrected chi connectivity index (χ1v) is 8.97. The van der Waals surface area contributed by atoms with E-state index in [0.29, 0.717) is 18.7 Å². The van der Waals surface area contributed by atoms with Gasteiger partial charge in [0.1, 0.15) is 0 Å². The standard InChI is InChI=1S/C18H31N3O2/c1-4-17(22)19(3)15(2)16-8-7-10-20(14-16)13-9-18(23)21-11-5-6-12-21/h8,15H,4-7,9-14H2,1-3H3/t15-/m1/s1. The van der Waals surface area contributed by atoms with Crippen molar-refractivity contribution in [1.82, 2.24) is 14.7 Å². The highest BCUT2D eigenvalue weighted by molar-refractivity contribution is 5.77. The van der Waals surface area contributed by atoms with Gasteiger partial charge in [0.25, 0.3) is 0 Å². The molecule has 0 aliphatic carbocycles. The number of rotatable bonds is 6. The largest absolute Gasteiger partial charge is 0.343 e. The summed E-state index contributed by atoms with van der Waals surface area (Å²) in [5, 5.41) is 0. The molecule has 5 nitrogen and oxygen atoms in total. The van der Waals surface area contributed by atoms with Crippen LogP contribution < -0.4 is 0 Å². The zero-order valence-electron chi connectivity index (χ0n) is 14.9. The Morgan fingerprint density at radius 3 is 2.61 bits per heavy atom. The maximum Gasteiger partial charge on any atom is 0.223 e. The average molecular weight is 321 g/mol. The number of carbonyl (C=O) groups is 2. The first-order chi connectivity index (χ1) is 11.0. The molecule has 130 valence electrons. The van der Waals surface area contributed by atoms with Gasteiger partial charge in [0.05, 0.1) is 6.04 Å². The van der Waals surface area contributed by atoms with Gasteiger partial charge in [0.15, 0.2) is 0 Å². The van der Waals surface area contributed by atoms with Crippen LogP contribution in [0.25, 0.3) is 0 Å². The highest BCUT2D eigenvalue weighted by Gasteiger charge is 2.23. The fourth-order valence-electron chi connectivity index (χ4n) is 3.42. The van der Waals surface area contributed by atoms with Crippen LogP contribution in [0.5, 0.6) is 0 Å². The molecule has 0 aromatic rings. The van der Waals surface area contributed by atoms with E-state index in [1.165, 1.54) is 5.57 Å². The molecule has 0 aromatic carbocycles. The van der Waals surface area contributed by atoms with Crippen LogP contribution in [0.1, 0.15) is 46.0 Å². The van der Waals surface area contributed by atoms with Crippen LogP contribution in [-0.4, -0.2) is 72.3 Å². The van der Waals surface area contributed by atoms with Gasteiger partial charge in [-0.05, 0) is 31.8 Å². The fourth-order valence-corrected chi connectivity index (χ4v) is 3.42. The molecule has 1 fully saturated rings. The molecule has 0 N–H and O–H groups in total. The fraction of sp³-hybridized carbons (Fsp3) is 0.778. The molecule has 5 heteroatoms. The van der Waals surface area contributed by atoms with Crippen molar-refractivity contribution in [3.63, 3.8) is 0 Å². The Bertz CT molecular complexity index is 455. The molecular weight excluding hydrogens is 290 g/mol. The topological polar surface area (TPSA) is 43.9 Å². The maximum absolute atomic E-state index is 12.2. The van der Waals surface area contributed by atoms with Crippen molar-refractivity contribution in [3.05, 3.63) is 11.6 Å². The second kappa shape index (κ2) is 8.48. The molecule has 0 bridgehead atoms. The van der Waals surface area contributed by atoms with E-state index in [4.69, 9.17) is 0 Å². The van der Waals surface area contributed by atoms with Gasteiger partial charge < -0.3 is 9.80 Å². The minimum atomic E-state index is 0.138. The van der Waals surface area contributed by atoms with Gasteiger partial charge >= 0.3 is 0 Å². The maximum atomic E-state index is 12.2. The lowest BCUT2D eigenvalue weighted by Crippen LogP contribution is -2.42. The number of likely N-dealkylation sites (tertiary alicyclic amines) is 1. The molecule has 1 atom stereocenters. The summed E-state index contributed by atoms with van der Waals surface area (Å²) < 4.78 is 0. The Morgan fingerprint density at radius 2 is 1.96 bits per heavy atom. The third-order valence-corrected chi connectivity index (χ3v) is 5.17. The molecule has 2 rings (SSSR count). The van der Waals surface area contributed by atoms with E-state index < -0.39 is 0 Å². The summed E-state index contributed by atoms with van der Waals surface area (Å²) in [5.41, 5.74) is 1.30. The Morgan fingerprint density at radius 1 is 1.26 bits per heavy atom. The van der Waals surface area contributed by atoms with E-state index in [1.807, 2.05) is 23.8 Å². The minimum absolute atomic E-state index is 0.138. The van der Waals surface area contributed by atoms with Gasteiger partial charge in [-0.3, -0.25) is 14.5 Å². The number of hydrogen-bond acceptors (Lipinski definition) is 3. The molecule has 2 aliphatic rings. The molecule has 0 spiro atoms. The minimum Gasteiger partial charge on any atom is -0.343 e. The summed E-state index contributed by atoms with van der Waals surface area (Å²) in [7, 11) is 1.88. The highest BCUT2D eigenvalue weighted by Crippen LogP contribution is 2.18. The first-order valence-electron chi connectivity index (χ1n) is 8.97. The predicted molar refractivity (Wildman–Crippen MR) is 92.1 cm³/mol. The number of amides is 2. The molecule has 0 unspecified atom stereocenters. The van der Waals surface area contributed by atoms with Crippen molar-refractivity contribution in [3.8, 4) is 0 Å². The van der Waals surface area contributed by atoms with E-state index in [-0.39, 0.29) is 11.9 Å². The average Bonchev–Trinajstić information content (AvgIpc) is 3.12. The molecule has 1 saturated heterocycles. The molecular formula is C18H31N3O2. The monoisotopic (exact) mass is 321 g/mol. The van der Waals surface area contributed by atoms with Crippen molar-refractivity contribution in [2.24, 2.45) is 0 Å². The smallest absolute Gasteiger partial charge is 0.223 e. The number of nitrogens with zero attached hydrogens (tertiary/aromatic N) is 3. The van der Waals surface area contributed by atoms with Gasteiger partial charge in [0.2, 0.25) is 11.8 Å². The van der Waals surface area contributed by atoms with Gasteiger partial charge in [-0.15, -0.1) is 0 Å². The summed E-state index contributed by atoms with van der Waals surface area (Å²) in [6.07, 6.45) is 6.73. The lowest BCUT2D eigenvalue weighted by atomic mass is 10.0. The van der Waals surface area contributed by atoms with Crippen LogP contribution >= 0.6 is 0 Å². The van der Waals surface area contributed by atoms with E-state index >= 15 is 0 Å². The summed E-state index contributed by atoms with van der Waals surface area (Å²) in [4.78, 5) is 30.2. The summed E-state index contributed by atoms with van der Waals surface area (Å²) in [6, 6.07) is 0.138. The lowest BCUT2D eigenvalue weighted by molar-refractivity contribution is -0.131.